The molecule has 17 heavy (non-hydrogen) atoms. The summed E-state index contributed by atoms with van der Waals surface area (Å²) in [7, 11) is 0. The van der Waals surface area contributed by atoms with Crippen LogP contribution < -0.4 is 11.1 Å². The van der Waals surface area contributed by atoms with Crippen LogP contribution in [0, 0.1) is 5.92 Å². The van der Waals surface area contributed by atoms with Gasteiger partial charge in [-0.1, -0.05) is 0 Å². The molecule has 1 saturated carbocycles. The van der Waals surface area contributed by atoms with Crippen LogP contribution in [-0.2, 0) is 11.2 Å². The third-order valence-electron chi connectivity index (χ3n) is 2.86. The van der Waals surface area contributed by atoms with Crippen LogP contribution in [0.1, 0.15) is 18.5 Å². The van der Waals surface area contributed by atoms with Crippen LogP contribution in [0.15, 0.2) is 18.3 Å². The first kappa shape index (κ1) is 11.9. The number of aliphatic hydroxyl groups excluding tert-OH is 1. The van der Waals surface area contributed by atoms with E-state index in [1.165, 1.54) is 6.20 Å². The maximum atomic E-state index is 11.6. The standard InChI is InChI=1S/C12H17N3O2/c13-9-3-4-10(14-6-9)5-12(17)15-7-11(16)8-1-2-8/h3-4,6,8,11,16H,1-2,5,7,13H2,(H,15,17). The smallest absolute Gasteiger partial charge is 0.226 e. The molecule has 1 atom stereocenters. The lowest BCUT2D eigenvalue weighted by Gasteiger charge is -2.10. The van der Waals surface area contributed by atoms with E-state index < -0.39 is 6.10 Å². The highest BCUT2D eigenvalue weighted by Crippen LogP contribution is 2.32. The first-order chi connectivity index (χ1) is 8.15. The predicted octanol–water partition coefficient (Wildman–Crippen LogP) is 0.0934. The molecule has 1 aromatic heterocycles. The zero-order valence-electron chi connectivity index (χ0n) is 9.60. The summed E-state index contributed by atoms with van der Waals surface area (Å²) < 4.78 is 0. The van der Waals surface area contributed by atoms with Crippen molar-refractivity contribution < 1.29 is 9.90 Å². The topological polar surface area (TPSA) is 88.2 Å². The summed E-state index contributed by atoms with van der Waals surface area (Å²) in [5, 5.41) is 12.3. The number of pyridine rings is 1. The lowest BCUT2D eigenvalue weighted by atomic mass is 10.2. The molecule has 1 aliphatic rings. The molecule has 0 radical (unpaired) electrons. The van der Waals surface area contributed by atoms with Crippen LogP contribution in [0.4, 0.5) is 5.69 Å². The molecule has 1 amide bonds. The van der Waals surface area contributed by atoms with E-state index in [0.29, 0.717) is 23.8 Å². The lowest BCUT2D eigenvalue weighted by Crippen LogP contribution is -2.34. The molecule has 92 valence electrons. The SMILES string of the molecule is Nc1ccc(CC(=O)NCC(O)C2CC2)nc1. The van der Waals surface area contributed by atoms with Gasteiger partial charge in [-0.15, -0.1) is 0 Å². The van der Waals surface area contributed by atoms with Crippen LogP contribution in [0.5, 0.6) is 0 Å². The van der Waals surface area contributed by atoms with Crippen LogP contribution >= 0.6 is 0 Å². The first-order valence-corrected chi connectivity index (χ1v) is 5.80. The number of anilines is 1. The number of nitrogens with one attached hydrogen (secondary N) is 1. The van der Waals surface area contributed by atoms with Crippen molar-refractivity contribution in [2.24, 2.45) is 5.92 Å². The fraction of sp³-hybridized carbons (Fsp3) is 0.500. The van der Waals surface area contributed by atoms with Gasteiger partial charge in [0.05, 0.1) is 24.4 Å². The third-order valence-corrected chi connectivity index (χ3v) is 2.86. The van der Waals surface area contributed by atoms with E-state index in [9.17, 15) is 9.90 Å². The Labute approximate surface area is 100 Å². The van der Waals surface area contributed by atoms with Gasteiger partial charge >= 0.3 is 0 Å². The molecule has 1 unspecified atom stereocenters. The molecular formula is C12H17N3O2. The molecule has 1 heterocycles. The van der Waals surface area contributed by atoms with Crippen molar-refractivity contribution in [1.82, 2.24) is 10.3 Å². The minimum Gasteiger partial charge on any atom is -0.397 e. The Balaban J connectivity index is 1.74. The number of nitrogens with zero attached hydrogens (tertiary/aromatic N) is 1. The zero-order valence-corrected chi connectivity index (χ0v) is 9.60. The minimum absolute atomic E-state index is 0.123. The predicted molar refractivity (Wildman–Crippen MR) is 64.1 cm³/mol. The molecule has 1 aliphatic carbocycles. The molecule has 0 aromatic carbocycles. The second kappa shape index (κ2) is 5.14. The van der Waals surface area contributed by atoms with Crippen LogP contribution in [-0.4, -0.2) is 28.6 Å². The van der Waals surface area contributed by atoms with E-state index in [2.05, 4.69) is 10.3 Å². The number of nitrogens with two attached hydrogens (primary N) is 1. The third kappa shape index (κ3) is 3.71. The lowest BCUT2D eigenvalue weighted by molar-refractivity contribution is -0.121. The molecule has 1 aromatic rings. The zero-order chi connectivity index (χ0) is 12.3. The molecule has 5 nitrogen and oxygen atoms in total. The molecule has 0 spiro atoms. The summed E-state index contributed by atoms with van der Waals surface area (Å²) in [5.41, 5.74) is 6.76. The van der Waals surface area contributed by atoms with Gasteiger partial charge in [0.25, 0.3) is 0 Å². The van der Waals surface area contributed by atoms with Crippen molar-refractivity contribution in [3.05, 3.63) is 24.0 Å². The van der Waals surface area contributed by atoms with Crippen LogP contribution in [0.3, 0.4) is 0 Å². The number of carbonyl (C=O) groups is 1. The summed E-state index contributed by atoms with van der Waals surface area (Å²) in [6.07, 6.45) is 3.48. The highest BCUT2D eigenvalue weighted by molar-refractivity contribution is 5.78. The van der Waals surface area contributed by atoms with E-state index in [0.717, 1.165) is 12.8 Å². The molecule has 5 heteroatoms. The number of hydrogen-bond donors (Lipinski definition) is 3. The summed E-state index contributed by atoms with van der Waals surface area (Å²) >= 11 is 0. The Bertz CT molecular complexity index is 387. The van der Waals surface area contributed by atoms with Crippen molar-refractivity contribution in [1.29, 1.82) is 0 Å². The second-order valence-corrected chi connectivity index (χ2v) is 4.47. The maximum absolute atomic E-state index is 11.6. The van der Waals surface area contributed by atoms with E-state index in [4.69, 9.17) is 5.73 Å². The molecule has 4 N–H and O–H groups in total. The largest absolute Gasteiger partial charge is 0.397 e. The van der Waals surface area contributed by atoms with Crippen LogP contribution in [0.25, 0.3) is 0 Å². The molecule has 0 aliphatic heterocycles. The number of carbonyl (C=O) groups excluding carboxylic acids is 1. The highest BCUT2D eigenvalue weighted by atomic mass is 16.3. The van der Waals surface area contributed by atoms with Gasteiger partial charge in [0.2, 0.25) is 5.91 Å². The van der Waals surface area contributed by atoms with E-state index in [1.54, 1.807) is 12.1 Å². The molecule has 2 rings (SSSR count). The van der Waals surface area contributed by atoms with Gasteiger partial charge in [0.15, 0.2) is 0 Å². The van der Waals surface area contributed by atoms with E-state index in [-0.39, 0.29) is 12.3 Å². The quantitative estimate of drug-likeness (QED) is 0.675. The second-order valence-electron chi connectivity index (χ2n) is 4.47. The van der Waals surface area contributed by atoms with Gasteiger partial charge in [0, 0.05) is 12.2 Å². The summed E-state index contributed by atoms with van der Waals surface area (Å²) in [6.45, 7) is 0.332. The summed E-state index contributed by atoms with van der Waals surface area (Å²) in [4.78, 5) is 15.6. The molecule has 0 saturated heterocycles. The number of hydrogen-bond acceptors (Lipinski definition) is 4. The van der Waals surface area contributed by atoms with Gasteiger partial charge in [-0.2, -0.15) is 0 Å². The summed E-state index contributed by atoms with van der Waals surface area (Å²) in [5.74, 6) is 0.256. The average Bonchev–Trinajstić information content (AvgIpc) is 3.13. The Kier molecular flexibility index (Phi) is 3.58. The van der Waals surface area contributed by atoms with Gasteiger partial charge in [-0.3, -0.25) is 9.78 Å². The normalized spacial score (nSPS) is 16.5. The number of amides is 1. The molecule has 1 fully saturated rings. The van der Waals surface area contributed by atoms with E-state index >= 15 is 0 Å². The highest BCUT2D eigenvalue weighted by Gasteiger charge is 2.29. The molecular weight excluding hydrogens is 218 g/mol. The number of nitrogen functional groups attached to an aromatic ring is 1. The Hall–Kier alpha value is -1.62. The van der Waals surface area contributed by atoms with Crippen LogP contribution in [0.2, 0.25) is 0 Å². The van der Waals surface area contributed by atoms with Crippen molar-refractivity contribution in [2.75, 3.05) is 12.3 Å². The van der Waals surface area contributed by atoms with Crippen molar-refractivity contribution in [3.63, 3.8) is 0 Å². The van der Waals surface area contributed by atoms with Crippen molar-refractivity contribution in [2.45, 2.75) is 25.4 Å². The molecule has 0 bridgehead atoms. The monoisotopic (exact) mass is 235 g/mol. The van der Waals surface area contributed by atoms with Crippen molar-refractivity contribution in [3.8, 4) is 0 Å². The van der Waals surface area contributed by atoms with Gasteiger partial charge < -0.3 is 16.2 Å². The maximum Gasteiger partial charge on any atom is 0.226 e. The Morgan fingerprint density at radius 3 is 2.94 bits per heavy atom. The Morgan fingerprint density at radius 1 is 1.59 bits per heavy atom. The van der Waals surface area contributed by atoms with Gasteiger partial charge in [-0.05, 0) is 30.9 Å². The number of aromatic nitrogens is 1. The van der Waals surface area contributed by atoms with Crippen molar-refractivity contribution >= 4 is 11.6 Å². The Morgan fingerprint density at radius 2 is 2.35 bits per heavy atom. The van der Waals surface area contributed by atoms with E-state index in [1.807, 2.05) is 0 Å². The van der Waals surface area contributed by atoms with Gasteiger partial charge in [-0.25, -0.2) is 0 Å². The fourth-order valence-electron chi connectivity index (χ4n) is 1.63. The summed E-state index contributed by atoms with van der Waals surface area (Å²) in [6, 6.07) is 3.45. The number of rotatable bonds is 5. The minimum atomic E-state index is -0.404. The van der Waals surface area contributed by atoms with Gasteiger partial charge in [0.1, 0.15) is 0 Å². The fourth-order valence-corrected chi connectivity index (χ4v) is 1.63. The first-order valence-electron chi connectivity index (χ1n) is 5.80. The number of aliphatic hydroxyl groups is 1. The average molecular weight is 235 g/mol.